The summed E-state index contributed by atoms with van der Waals surface area (Å²) in [5.41, 5.74) is 0. The molecule has 0 aromatic heterocycles. The van der Waals surface area contributed by atoms with E-state index in [9.17, 15) is 8.42 Å². The first-order valence-corrected chi connectivity index (χ1v) is 8.91. The molecule has 2 saturated heterocycles. The van der Waals surface area contributed by atoms with E-state index in [2.05, 4.69) is 24.1 Å². The Kier molecular flexibility index (Phi) is 4.67. The third-order valence-electron chi connectivity index (χ3n) is 4.51. The third kappa shape index (κ3) is 3.25. The molecule has 0 amide bonds. The number of hydrogen-bond acceptors (Lipinski definition) is 4. The summed E-state index contributed by atoms with van der Waals surface area (Å²) in [5.74, 6) is 1.01. The van der Waals surface area contributed by atoms with Crippen LogP contribution in [0.3, 0.4) is 0 Å². The average molecular weight is 274 g/mol. The zero-order valence-corrected chi connectivity index (χ0v) is 12.4. The molecular formula is C13H26N2O2S. The van der Waals surface area contributed by atoms with E-state index in [1.165, 1.54) is 0 Å². The predicted molar refractivity (Wildman–Crippen MR) is 74.5 cm³/mol. The Labute approximate surface area is 111 Å². The quantitative estimate of drug-likeness (QED) is 0.827. The first-order valence-electron chi connectivity index (χ1n) is 7.20. The number of piperidine rings is 1. The Bertz CT molecular complexity index is 369. The first-order chi connectivity index (χ1) is 8.53. The first kappa shape index (κ1) is 14.3. The van der Waals surface area contributed by atoms with Crippen molar-refractivity contribution in [1.82, 2.24) is 10.2 Å². The van der Waals surface area contributed by atoms with Gasteiger partial charge in [-0.1, -0.05) is 13.8 Å². The number of nitrogens with zero attached hydrogens (tertiary/aromatic N) is 1. The number of sulfone groups is 1. The molecule has 3 atom stereocenters. The highest BCUT2D eigenvalue weighted by atomic mass is 32.2. The molecule has 2 aliphatic heterocycles. The summed E-state index contributed by atoms with van der Waals surface area (Å²) in [4.78, 5) is 2.47. The number of likely N-dealkylation sites (tertiary alicyclic amines) is 1. The monoisotopic (exact) mass is 274 g/mol. The van der Waals surface area contributed by atoms with Crippen molar-refractivity contribution in [1.29, 1.82) is 0 Å². The van der Waals surface area contributed by atoms with Crippen LogP contribution in [-0.2, 0) is 9.84 Å². The molecule has 2 rings (SSSR count). The van der Waals surface area contributed by atoms with Gasteiger partial charge in [-0.05, 0) is 38.3 Å². The maximum Gasteiger partial charge on any atom is 0.154 e. The fourth-order valence-electron chi connectivity index (χ4n) is 3.19. The van der Waals surface area contributed by atoms with Crippen molar-refractivity contribution in [2.45, 2.75) is 44.4 Å². The predicted octanol–water partition coefficient (Wildman–Crippen LogP) is 0.884. The van der Waals surface area contributed by atoms with Crippen LogP contribution in [-0.4, -0.2) is 56.5 Å². The van der Waals surface area contributed by atoms with E-state index >= 15 is 0 Å². The van der Waals surface area contributed by atoms with Crippen molar-refractivity contribution in [3.63, 3.8) is 0 Å². The minimum atomic E-state index is -2.79. The fourth-order valence-corrected chi connectivity index (χ4v) is 4.97. The molecule has 4 nitrogen and oxygen atoms in total. The molecule has 0 bridgehead atoms. The second kappa shape index (κ2) is 5.88. The van der Waals surface area contributed by atoms with Crippen LogP contribution in [0.2, 0.25) is 0 Å². The summed E-state index contributed by atoms with van der Waals surface area (Å²) >= 11 is 0. The van der Waals surface area contributed by atoms with E-state index in [1.54, 1.807) is 0 Å². The Morgan fingerprint density at radius 3 is 2.67 bits per heavy atom. The topological polar surface area (TPSA) is 49.4 Å². The molecule has 2 aliphatic rings. The molecule has 0 unspecified atom stereocenters. The van der Waals surface area contributed by atoms with E-state index in [0.717, 1.165) is 38.9 Å². The standard InChI is InChI=1S/C13H26N2O2S/c1-3-15-7-6-13(11(2)10-15)14-9-12-5-4-8-18(12,16)17/h11-14H,3-10H2,1-2H3/t11-,12+,13-/m0/s1. The Hall–Kier alpha value is -0.130. The largest absolute Gasteiger partial charge is 0.312 e. The highest BCUT2D eigenvalue weighted by molar-refractivity contribution is 7.92. The van der Waals surface area contributed by atoms with Crippen LogP contribution in [0.4, 0.5) is 0 Å². The zero-order valence-electron chi connectivity index (χ0n) is 11.6. The Morgan fingerprint density at radius 1 is 1.33 bits per heavy atom. The van der Waals surface area contributed by atoms with Crippen LogP contribution in [0.5, 0.6) is 0 Å². The van der Waals surface area contributed by atoms with Crippen LogP contribution < -0.4 is 5.32 Å². The molecule has 2 heterocycles. The van der Waals surface area contributed by atoms with Crippen LogP contribution in [0.25, 0.3) is 0 Å². The highest BCUT2D eigenvalue weighted by Crippen LogP contribution is 2.21. The third-order valence-corrected chi connectivity index (χ3v) is 6.78. The van der Waals surface area contributed by atoms with Gasteiger partial charge in [0.05, 0.1) is 11.0 Å². The molecule has 0 aromatic carbocycles. The highest BCUT2D eigenvalue weighted by Gasteiger charge is 2.32. The minimum Gasteiger partial charge on any atom is -0.312 e. The fraction of sp³-hybridized carbons (Fsp3) is 1.00. The van der Waals surface area contributed by atoms with Crippen molar-refractivity contribution in [3.05, 3.63) is 0 Å². The summed E-state index contributed by atoms with van der Waals surface area (Å²) < 4.78 is 23.5. The SMILES string of the molecule is CCN1CC[C@H](NC[C@H]2CCCS2(=O)=O)[C@@H](C)C1. The summed E-state index contributed by atoms with van der Waals surface area (Å²) in [6.45, 7) is 8.51. The lowest BCUT2D eigenvalue weighted by Crippen LogP contribution is -2.50. The summed E-state index contributed by atoms with van der Waals surface area (Å²) in [6, 6.07) is 0.489. The molecule has 106 valence electrons. The van der Waals surface area contributed by atoms with Crippen molar-refractivity contribution < 1.29 is 8.42 Å². The van der Waals surface area contributed by atoms with Crippen molar-refractivity contribution >= 4 is 9.84 Å². The Morgan fingerprint density at radius 2 is 2.11 bits per heavy atom. The van der Waals surface area contributed by atoms with Gasteiger partial charge in [0, 0.05) is 19.1 Å². The van der Waals surface area contributed by atoms with Crippen molar-refractivity contribution in [2.24, 2.45) is 5.92 Å². The van der Waals surface area contributed by atoms with Crippen molar-refractivity contribution in [2.75, 3.05) is 31.9 Å². The Balaban J connectivity index is 1.80. The maximum absolute atomic E-state index is 11.8. The van der Waals surface area contributed by atoms with E-state index in [0.29, 0.717) is 24.3 Å². The van der Waals surface area contributed by atoms with Crippen LogP contribution >= 0.6 is 0 Å². The van der Waals surface area contributed by atoms with Crippen LogP contribution in [0.1, 0.15) is 33.1 Å². The van der Waals surface area contributed by atoms with E-state index < -0.39 is 9.84 Å². The molecule has 18 heavy (non-hydrogen) atoms. The smallest absolute Gasteiger partial charge is 0.154 e. The van der Waals surface area contributed by atoms with E-state index in [4.69, 9.17) is 0 Å². The normalized spacial score (nSPS) is 36.9. The lowest BCUT2D eigenvalue weighted by atomic mass is 9.94. The van der Waals surface area contributed by atoms with Gasteiger partial charge < -0.3 is 10.2 Å². The van der Waals surface area contributed by atoms with Gasteiger partial charge in [-0.25, -0.2) is 8.42 Å². The summed E-state index contributed by atoms with van der Waals surface area (Å²) in [7, 11) is -2.79. The summed E-state index contributed by atoms with van der Waals surface area (Å²) in [5, 5.41) is 3.38. The molecule has 0 aromatic rings. The maximum atomic E-state index is 11.8. The van der Waals surface area contributed by atoms with Gasteiger partial charge in [0.1, 0.15) is 0 Å². The van der Waals surface area contributed by atoms with E-state index in [1.807, 2.05) is 0 Å². The lowest BCUT2D eigenvalue weighted by molar-refractivity contribution is 0.154. The van der Waals surface area contributed by atoms with Crippen molar-refractivity contribution in [3.8, 4) is 0 Å². The molecular weight excluding hydrogens is 248 g/mol. The molecule has 5 heteroatoms. The van der Waals surface area contributed by atoms with Gasteiger partial charge in [0.15, 0.2) is 9.84 Å². The molecule has 1 N–H and O–H groups in total. The number of rotatable bonds is 4. The minimum absolute atomic E-state index is 0.131. The molecule has 0 saturated carbocycles. The van der Waals surface area contributed by atoms with E-state index in [-0.39, 0.29) is 5.25 Å². The number of nitrogens with one attached hydrogen (secondary N) is 1. The molecule has 0 aliphatic carbocycles. The second-order valence-electron chi connectivity index (χ2n) is 5.81. The zero-order chi connectivity index (χ0) is 13.2. The molecule has 0 spiro atoms. The second-order valence-corrected chi connectivity index (χ2v) is 8.21. The molecule has 0 radical (unpaired) electrons. The van der Waals surface area contributed by atoms with Gasteiger partial charge in [-0.2, -0.15) is 0 Å². The van der Waals surface area contributed by atoms with Gasteiger partial charge in [-0.15, -0.1) is 0 Å². The van der Waals surface area contributed by atoms with Gasteiger partial charge in [0.2, 0.25) is 0 Å². The lowest BCUT2D eigenvalue weighted by Gasteiger charge is -2.37. The van der Waals surface area contributed by atoms with Gasteiger partial charge in [-0.3, -0.25) is 0 Å². The van der Waals surface area contributed by atoms with Crippen LogP contribution in [0.15, 0.2) is 0 Å². The van der Waals surface area contributed by atoms with Gasteiger partial charge in [0.25, 0.3) is 0 Å². The summed E-state index contributed by atoms with van der Waals surface area (Å²) in [6.07, 6.45) is 2.83. The van der Waals surface area contributed by atoms with Gasteiger partial charge >= 0.3 is 0 Å². The molecule has 2 fully saturated rings. The average Bonchev–Trinajstić information content (AvgIpc) is 2.67. The number of hydrogen-bond donors (Lipinski definition) is 1. The van der Waals surface area contributed by atoms with Crippen LogP contribution in [0, 0.1) is 5.92 Å².